The Hall–Kier alpha value is -2.47. The highest BCUT2D eigenvalue weighted by molar-refractivity contribution is 5.93. The summed E-state index contributed by atoms with van der Waals surface area (Å²) in [6.45, 7) is 1.42. The highest BCUT2D eigenvalue weighted by Crippen LogP contribution is 2.11. The number of methoxy groups -OCH3 is 1. The number of nitrogens with one attached hydrogen (secondary N) is 2. The summed E-state index contributed by atoms with van der Waals surface area (Å²) in [6, 6.07) is 9.70. The number of ether oxygens (including phenoxy) is 1. The van der Waals surface area contributed by atoms with E-state index in [0.717, 1.165) is 11.3 Å². The van der Waals surface area contributed by atoms with E-state index in [9.17, 15) is 9.18 Å². The predicted octanol–water partition coefficient (Wildman–Crippen LogP) is 2.21. The van der Waals surface area contributed by atoms with E-state index in [2.05, 4.69) is 15.6 Å². The molecule has 0 aliphatic rings. The third-order valence-electron chi connectivity index (χ3n) is 2.99. The summed E-state index contributed by atoms with van der Waals surface area (Å²) in [5, 5.41) is 5.89. The van der Waals surface area contributed by atoms with Crippen LogP contribution in [-0.2, 0) is 11.3 Å². The topological polar surface area (TPSA) is 63.2 Å². The van der Waals surface area contributed by atoms with E-state index in [-0.39, 0.29) is 11.7 Å². The van der Waals surface area contributed by atoms with Gasteiger partial charge < -0.3 is 15.4 Å². The predicted molar refractivity (Wildman–Crippen MR) is 82.2 cm³/mol. The minimum atomic E-state index is -0.261. The lowest BCUT2D eigenvalue weighted by atomic mass is 10.2. The third kappa shape index (κ3) is 4.82. The molecule has 2 rings (SSSR count). The number of carbonyl (C=O) groups excluding carboxylic acids is 1. The fraction of sp³-hybridized carbons (Fsp3) is 0.250. The molecule has 2 aromatic rings. The number of hydrogen-bond donors (Lipinski definition) is 2. The second-order valence-corrected chi connectivity index (χ2v) is 4.66. The Morgan fingerprint density at radius 1 is 1.27 bits per heavy atom. The number of rotatable bonds is 7. The molecule has 0 saturated carbocycles. The van der Waals surface area contributed by atoms with E-state index in [1.165, 1.54) is 12.1 Å². The molecule has 0 saturated heterocycles. The summed E-state index contributed by atoms with van der Waals surface area (Å²) < 4.78 is 17.7. The Labute approximate surface area is 128 Å². The summed E-state index contributed by atoms with van der Waals surface area (Å²) in [7, 11) is 1.57. The number of amides is 1. The Morgan fingerprint density at radius 2 is 2.05 bits per heavy atom. The normalized spacial score (nSPS) is 10.3. The fourth-order valence-corrected chi connectivity index (χ4v) is 1.83. The van der Waals surface area contributed by atoms with Gasteiger partial charge in [-0.1, -0.05) is 12.1 Å². The van der Waals surface area contributed by atoms with Gasteiger partial charge in [0.15, 0.2) is 0 Å². The molecule has 0 radical (unpaired) electrons. The molecule has 22 heavy (non-hydrogen) atoms. The molecule has 1 amide bonds. The molecule has 116 valence electrons. The van der Waals surface area contributed by atoms with Crippen molar-refractivity contribution in [2.75, 3.05) is 25.6 Å². The fourth-order valence-electron chi connectivity index (χ4n) is 1.83. The monoisotopic (exact) mass is 303 g/mol. The zero-order valence-electron chi connectivity index (χ0n) is 12.3. The van der Waals surface area contributed by atoms with Crippen LogP contribution in [0.4, 0.5) is 10.1 Å². The molecule has 0 spiro atoms. The van der Waals surface area contributed by atoms with Crippen LogP contribution in [0.25, 0.3) is 0 Å². The van der Waals surface area contributed by atoms with Crippen molar-refractivity contribution in [2.24, 2.45) is 0 Å². The summed E-state index contributed by atoms with van der Waals surface area (Å²) >= 11 is 0. The van der Waals surface area contributed by atoms with E-state index in [1.807, 2.05) is 0 Å². The van der Waals surface area contributed by atoms with E-state index in [1.54, 1.807) is 37.6 Å². The highest BCUT2D eigenvalue weighted by Gasteiger charge is 2.07. The molecule has 1 heterocycles. The van der Waals surface area contributed by atoms with Crippen LogP contribution in [0.3, 0.4) is 0 Å². The van der Waals surface area contributed by atoms with Gasteiger partial charge in [-0.15, -0.1) is 0 Å². The minimum absolute atomic E-state index is 0.248. The van der Waals surface area contributed by atoms with Crippen LogP contribution in [0.1, 0.15) is 16.1 Å². The van der Waals surface area contributed by atoms with Crippen molar-refractivity contribution in [3.8, 4) is 0 Å². The molecule has 0 fully saturated rings. The average Bonchev–Trinajstić information content (AvgIpc) is 2.55. The Morgan fingerprint density at radius 3 is 2.77 bits per heavy atom. The zero-order valence-corrected chi connectivity index (χ0v) is 12.3. The SMILES string of the molecule is COCCNC(=O)c1cc(NCc2ccc(F)cc2)ccn1. The molecule has 0 aliphatic carbocycles. The van der Waals surface area contributed by atoms with Crippen molar-refractivity contribution in [2.45, 2.75) is 6.54 Å². The first-order valence-electron chi connectivity index (χ1n) is 6.90. The Kier molecular flexibility index (Phi) is 5.85. The van der Waals surface area contributed by atoms with E-state index >= 15 is 0 Å². The second kappa shape index (κ2) is 8.09. The van der Waals surface area contributed by atoms with Crippen LogP contribution < -0.4 is 10.6 Å². The number of hydrogen-bond acceptors (Lipinski definition) is 4. The number of benzene rings is 1. The van der Waals surface area contributed by atoms with Crippen LogP contribution >= 0.6 is 0 Å². The standard InChI is InChI=1S/C16H18FN3O2/c1-22-9-8-19-16(21)15-10-14(6-7-18-15)20-11-12-2-4-13(17)5-3-12/h2-7,10H,8-9,11H2,1H3,(H,18,20)(H,19,21). The maximum atomic E-state index is 12.8. The summed E-state index contributed by atoms with van der Waals surface area (Å²) in [6.07, 6.45) is 1.57. The molecule has 0 atom stereocenters. The second-order valence-electron chi connectivity index (χ2n) is 4.66. The molecular formula is C16H18FN3O2. The summed E-state index contributed by atoms with van der Waals surface area (Å²) in [5.74, 6) is -0.509. The van der Waals surface area contributed by atoms with Crippen molar-refractivity contribution >= 4 is 11.6 Å². The number of anilines is 1. The van der Waals surface area contributed by atoms with Crippen LogP contribution in [0, 0.1) is 5.82 Å². The van der Waals surface area contributed by atoms with Gasteiger partial charge in [0.2, 0.25) is 0 Å². The van der Waals surface area contributed by atoms with Crippen LogP contribution in [-0.4, -0.2) is 31.2 Å². The molecule has 5 nitrogen and oxygen atoms in total. The van der Waals surface area contributed by atoms with Crippen molar-refractivity contribution in [1.82, 2.24) is 10.3 Å². The number of halogens is 1. The smallest absolute Gasteiger partial charge is 0.270 e. The Balaban J connectivity index is 1.93. The first-order chi connectivity index (χ1) is 10.7. The van der Waals surface area contributed by atoms with Crippen LogP contribution in [0.15, 0.2) is 42.6 Å². The van der Waals surface area contributed by atoms with Gasteiger partial charge in [-0.2, -0.15) is 0 Å². The number of carbonyl (C=O) groups is 1. The van der Waals surface area contributed by atoms with Gasteiger partial charge in [0.25, 0.3) is 5.91 Å². The highest BCUT2D eigenvalue weighted by atomic mass is 19.1. The third-order valence-corrected chi connectivity index (χ3v) is 2.99. The molecule has 0 unspecified atom stereocenters. The minimum Gasteiger partial charge on any atom is -0.383 e. The van der Waals surface area contributed by atoms with E-state index in [0.29, 0.717) is 25.4 Å². The van der Waals surface area contributed by atoms with Gasteiger partial charge in [0, 0.05) is 32.1 Å². The van der Waals surface area contributed by atoms with Gasteiger partial charge in [-0.05, 0) is 29.8 Å². The zero-order chi connectivity index (χ0) is 15.8. The largest absolute Gasteiger partial charge is 0.383 e. The maximum absolute atomic E-state index is 12.8. The summed E-state index contributed by atoms with van der Waals surface area (Å²) in [4.78, 5) is 15.9. The number of aromatic nitrogens is 1. The van der Waals surface area contributed by atoms with Crippen LogP contribution in [0.5, 0.6) is 0 Å². The Bertz CT molecular complexity index is 617. The van der Waals surface area contributed by atoms with Gasteiger partial charge in [0.1, 0.15) is 11.5 Å². The van der Waals surface area contributed by atoms with Crippen molar-refractivity contribution in [3.63, 3.8) is 0 Å². The molecule has 0 aliphatic heterocycles. The van der Waals surface area contributed by atoms with Crippen molar-refractivity contribution in [3.05, 3.63) is 59.7 Å². The lowest BCUT2D eigenvalue weighted by Crippen LogP contribution is -2.27. The molecule has 6 heteroatoms. The van der Waals surface area contributed by atoms with Gasteiger partial charge in [-0.3, -0.25) is 9.78 Å². The first kappa shape index (κ1) is 15.9. The van der Waals surface area contributed by atoms with E-state index < -0.39 is 0 Å². The van der Waals surface area contributed by atoms with Gasteiger partial charge in [0.05, 0.1) is 6.61 Å². The quantitative estimate of drug-likeness (QED) is 0.770. The first-order valence-corrected chi connectivity index (χ1v) is 6.90. The maximum Gasteiger partial charge on any atom is 0.270 e. The number of nitrogens with zero attached hydrogens (tertiary/aromatic N) is 1. The molecule has 1 aromatic carbocycles. The van der Waals surface area contributed by atoms with Crippen LogP contribution in [0.2, 0.25) is 0 Å². The molecular weight excluding hydrogens is 285 g/mol. The van der Waals surface area contributed by atoms with Crippen molar-refractivity contribution < 1.29 is 13.9 Å². The number of pyridine rings is 1. The van der Waals surface area contributed by atoms with Crippen molar-refractivity contribution in [1.29, 1.82) is 0 Å². The lowest BCUT2D eigenvalue weighted by molar-refractivity contribution is 0.0932. The molecule has 2 N–H and O–H groups in total. The van der Waals surface area contributed by atoms with Gasteiger partial charge >= 0.3 is 0 Å². The molecule has 0 bridgehead atoms. The summed E-state index contributed by atoms with van der Waals surface area (Å²) in [5.41, 5.74) is 2.06. The molecule has 1 aromatic heterocycles. The average molecular weight is 303 g/mol. The van der Waals surface area contributed by atoms with Gasteiger partial charge in [-0.25, -0.2) is 4.39 Å². The van der Waals surface area contributed by atoms with E-state index in [4.69, 9.17) is 4.74 Å². The lowest BCUT2D eigenvalue weighted by Gasteiger charge is -2.08.